The largest absolute Gasteiger partial charge is 0.493 e. The fourth-order valence-corrected chi connectivity index (χ4v) is 4.74. The molecule has 0 spiro atoms. The van der Waals surface area contributed by atoms with Gasteiger partial charge in [-0.25, -0.2) is 0 Å². The van der Waals surface area contributed by atoms with Gasteiger partial charge in [0.2, 0.25) is 0 Å². The topological polar surface area (TPSA) is 52.8 Å². The summed E-state index contributed by atoms with van der Waals surface area (Å²) in [7, 11) is 3.26. The lowest BCUT2D eigenvalue weighted by molar-refractivity contribution is -0.00727. The van der Waals surface area contributed by atoms with Crippen LogP contribution in [0.15, 0.2) is 48.5 Å². The number of aliphatic hydroxyl groups is 1. The van der Waals surface area contributed by atoms with E-state index < -0.39 is 6.10 Å². The summed E-state index contributed by atoms with van der Waals surface area (Å²) in [6.45, 7) is 4.45. The molecule has 0 fully saturated rings. The Balaban J connectivity index is 1.98. The number of benzene rings is 2. The van der Waals surface area contributed by atoms with Crippen LogP contribution in [0.5, 0.6) is 11.5 Å². The highest BCUT2D eigenvalue weighted by molar-refractivity contribution is 6.30. The molecule has 0 saturated carbocycles. The molecule has 0 aliphatic carbocycles. The van der Waals surface area contributed by atoms with Gasteiger partial charge in [0.15, 0.2) is 11.5 Å². The summed E-state index contributed by atoms with van der Waals surface area (Å²) in [6, 6.07) is 16.0. The van der Waals surface area contributed by atoms with Crippen LogP contribution in [0.1, 0.15) is 55.0 Å². The van der Waals surface area contributed by atoms with Gasteiger partial charge in [-0.2, -0.15) is 0 Å². The van der Waals surface area contributed by atoms with Crippen LogP contribution >= 0.6 is 11.6 Å². The van der Waals surface area contributed by atoms with Gasteiger partial charge in [-0.15, -0.1) is 0 Å². The van der Waals surface area contributed by atoms with E-state index in [4.69, 9.17) is 25.8 Å². The Bertz CT molecular complexity index is 1090. The van der Waals surface area contributed by atoms with Gasteiger partial charge in [0.1, 0.15) is 12.2 Å². The second-order valence-electron chi connectivity index (χ2n) is 8.49. The maximum absolute atomic E-state index is 9.83. The summed E-state index contributed by atoms with van der Waals surface area (Å²) < 4.78 is 20.3. The van der Waals surface area contributed by atoms with Gasteiger partial charge >= 0.3 is 0 Å². The number of fused-ring (bicyclic) bond motifs is 3. The third-order valence-electron chi connectivity index (χ3n) is 5.86. The van der Waals surface area contributed by atoms with Gasteiger partial charge in [-0.3, -0.25) is 0 Å². The van der Waals surface area contributed by atoms with Crippen molar-refractivity contribution in [3.8, 4) is 17.2 Å². The van der Waals surface area contributed by atoms with Crippen molar-refractivity contribution in [2.24, 2.45) is 5.92 Å². The number of methoxy groups -OCH3 is 2. The molecule has 2 aromatic carbocycles. The van der Waals surface area contributed by atoms with Crippen molar-refractivity contribution in [3.63, 3.8) is 0 Å². The fourth-order valence-electron chi connectivity index (χ4n) is 4.56. The molecule has 1 aliphatic rings. The predicted octanol–water partition coefficient (Wildman–Crippen LogP) is 5.89. The summed E-state index contributed by atoms with van der Waals surface area (Å²) in [5, 5.41) is 10.5. The molecule has 32 heavy (non-hydrogen) atoms. The Labute approximate surface area is 194 Å². The second-order valence-corrected chi connectivity index (χ2v) is 8.92. The number of nitrogens with zero attached hydrogens (tertiary/aromatic N) is 1. The van der Waals surface area contributed by atoms with Crippen molar-refractivity contribution in [2.75, 3.05) is 20.8 Å². The molecule has 0 radical (unpaired) electrons. The number of ether oxygens (including phenoxy) is 3. The van der Waals surface area contributed by atoms with Crippen molar-refractivity contribution in [2.45, 2.75) is 38.9 Å². The van der Waals surface area contributed by atoms with Crippen LogP contribution in [0.3, 0.4) is 0 Å². The van der Waals surface area contributed by atoms with Crippen molar-refractivity contribution in [1.82, 2.24) is 4.57 Å². The fraction of sp³-hybridized carbons (Fsp3) is 0.385. The molecule has 1 N–H and O–H groups in total. The highest BCUT2D eigenvalue weighted by Gasteiger charge is 2.33. The zero-order chi connectivity index (χ0) is 22.8. The van der Waals surface area contributed by atoms with Crippen LogP contribution < -0.4 is 9.47 Å². The van der Waals surface area contributed by atoms with Crippen molar-refractivity contribution >= 4 is 11.6 Å². The van der Waals surface area contributed by atoms with Gasteiger partial charge in [0.25, 0.3) is 0 Å². The standard InChI is InChI=1S/C26H30ClNO4/c1-16(2)14-18-9-11-22-23(12-13-29)32-25(19-6-5-7-24(30-3)26(19)31-4)20-15-17(27)8-10-21(20)28(18)22/h5-11,15-16,23,25,29H,12-14H2,1-4H3. The maximum Gasteiger partial charge on any atom is 0.166 e. The normalized spacial score (nSPS) is 17.6. The molecule has 0 bridgehead atoms. The van der Waals surface area contributed by atoms with E-state index in [0.717, 1.165) is 28.9 Å². The molecule has 1 aliphatic heterocycles. The minimum absolute atomic E-state index is 0.0222. The first-order chi connectivity index (χ1) is 15.5. The summed E-state index contributed by atoms with van der Waals surface area (Å²) in [4.78, 5) is 0. The van der Waals surface area contributed by atoms with Crippen molar-refractivity contribution in [1.29, 1.82) is 0 Å². The molecule has 0 amide bonds. The Morgan fingerprint density at radius 1 is 1.06 bits per heavy atom. The van der Waals surface area contributed by atoms with Crippen LogP contribution in [0, 0.1) is 5.92 Å². The first kappa shape index (κ1) is 22.7. The van der Waals surface area contributed by atoms with Crippen LogP contribution in [0.2, 0.25) is 5.02 Å². The zero-order valence-electron chi connectivity index (χ0n) is 19.0. The summed E-state index contributed by atoms with van der Waals surface area (Å²) >= 11 is 6.48. The maximum atomic E-state index is 9.83. The van der Waals surface area contributed by atoms with Gasteiger partial charge in [-0.1, -0.05) is 37.6 Å². The van der Waals surface area contributed by atoms with Gasteiger partial charge in [-0.05, 0) is 48.7 Å². The molecule has 170 valence electrons. The number of rotatable bonds is 7. The SMILES string of the molecule is COc1cccc(C2OC(CCO)c3ccc(CC(C)C)n3-c3ccc(Cl)cc32)c1OC. The highest BCUT2D eigenvalue weighted by Crippen LogP contribution is 2.47. The van der Waals surface area contributed by atoms with E-state index in [9.17, 15) is 5.11 Å². The summed E-state index contributed by atoms with van der Waals surface area (Å²) in [6.07, 6.45) is 0.668. The Morgan fingerprint density at radius 3 is 2.56 bits per heavy atom. The number of para-hydroxylation sites is 1. The lowest BCUT2D eigenvalue weighted by Gasteiger charge is -2.25. The van der Waals surface area contributed by atoms with E-state index in [1.165, 1.54) is 5.69 Å². The van der Waals surface area contributed by atoms with Crippen molar-refractivity contribution in [3.05, 3.63) is 76.1 Å². The van der Waals surface area contributed by atoms with Crippen LogP contribution in [0.4, 0.5) is 0 Å². The number of aliphatic hydroxyl groups excluding tert-OH is 1. The minimum atomic E-state index is -0.447. The quantitative estimate of drug-likeness (QED) is 0.482. The van der Waals surface area contributed by atoms with Gasteiger partial charge < -0.3 is 23.9 Å². The smallest absolute Gasteiger partial charge is 0.166 e. The third-order valence-corrected chi connectivity index (χ3v) is 6.09. The molecule has 5 nitrogen and oxygen atoms in total. The summed E-state index contributed by atoms with van der Waals surface area (Å²) in [5.41, 5.74) is 5.08. The number of hydrogen-bond acceptors (Lipinski definition) is 4. The van der Waals surface area contributed by atoms with Gasteiger partial charge in [0, 0.05) is 34.9 Å². The molecule has 1 aromatic heterocycles. The Morgan fingerprint density at radius 2 is 1.88 bits per heavy atom. The lowest BCUT2D eigenvalue weighted by atomic mass is 9.98. The summed E-state index contributed by atoms with van der Waals surface area (Å²) in [5.74, 6) is 1.77. The predicted molar refractivity (Wildman–Crippen MR) is 126 cm³/mol. The van der Waals surface area contributed by atoms with E-state index >= 15 is 0 Å². The van der Waals surface area contributed by atoms with E-state index in [2.05, 4.69) is 36.6 Å². The lowest BCUT2D eigenvalue weighted by Crippen LogP contribution is -2.13. The van der Waals surface area contributed by atoms with Crippen molar-refractivity contribution < 1.29 is 19.3 Å². The number of hydrogen-bond donors (Lipinski definition) is 1. The van der Waals surface area contributed by atoms with Gasteiger partial charge in [0.05, 0.1) is 25.6 Å². The number of aromatic nitrogens is 1. The Kier molecular flexibility index (Phi) is 6.79. The third kappa shape index (κ3) is 4.13. The molecule has 2 unspecified atom stereocenters. The molecule has 6 heteroatoms. The number of halogens is 1. The molecule has 2 atom stereocenters. The molecular formula is C26H30ClNO4. The molecular weight excluding hydrogens is 426 g/mol. The molecule has 2 heterocycles. The highest BCUT2D eigenvalue weighted by atomic mass is 35.5. The van der Waals surface area contributed by atoms with Crippen LogP contribution in [-0.2, 0) is 11.2 Å². The Hall–Kier alpha value is -2.47. The van der Waals surface area contributed by atoms with Crippen LogP contribution in [-0.4, -0.2) is 30.5 Å². The monoisotopic (exact) mass is 455 g/mol. The molecule has 3 aromatic rings. The zero-order valence-corrected chi connectivity index (χ0v) is 19.7. The minimum Gasteiger partial charge on any atom is -0.493 e. The first-order valence-corrected chi connectivity index (χ1v) is 11.3. The van der Waals surface area contributed by atoms with Crippen LogP contribution in [0.25, 0.3) is 5.69 Å². The van der Waals surface area contributed by atoms with E-state index in [1.807, 2.05) is 30.3 Å². The molecule has 4 rings (SSSR count). The average molecular weight is 456 g/mol. The second kappa shape index (κ2) is 9.57. The van der Waals surface area contributed by atoms with E-state index in [0.29, 0.717) is 28.9 Å². The van der Waals surface area contributed by atoms with E-state index in [1.54, 1.807) is 14.2 Å². The first-order valence-electron chi connectivity index (χ1n) is 11.0. The average Bonchev–Trinajstić information content (AvgIpc) is 3.12. The van der Waals surface area contributed by atoms with E-state index in [-0.39, 0.29) is 12.7 Å². The molecule has 0 saturated heterocycles.